The Bertz CT molecular complexity index is 1110. The molecule has 2 N–H and O–H groups in total. The van der Waals surface area contributed by atoms with E-state index in [-0.39, 0.29) is 24.2 Å². The summed E-state index contributed by atoms with van der Waals surface area (Å²) in [4.78, 5) is 27.2. The number of alkyl halides is 3. The molecule has 3 heterocycles. The van der Waals surface area contributed by atoms with Gasteiger partial charge in [-0.15, -0.1) is 0 Å². The van der Waals surface area contributed by atoms with E-state index in [1.54, 1.807) is 6.92 Å². The number of aromatic nitrogens is 3. The summed E-state index contributed by atoms with van der Waals surface area (Å²) in [7, 11) is 1.81. The lowest BCUT2D eigenvalue weighted by Crippen LogP contribution is -2.54. The summed E-state index contributed by atoms with van der Waals surface area (Å²) < 4.78 is 49.8. The molecule has 0 saturated heterocycles. The number of anilines is 3. The van der Waals surface area contributed by atoms with E-state index in [1.807, 2.05) is 39.6 Å². The van der Waals surface area contributed by atoms with Crippen LogP contribution in [0, 0.1) is 6.92 Å². The topological polar surface area (TPSA) is 102 Å². The minimum atomic E-state index is -4.48. The molecule has 4 rings (SSSR count). The van der Waals surface area contributed by atoms with Crippen LogP contribution in [0.4, 0.5) is 30.6 Å². The summed E-state index contributed by atoms with van der Waals surface area (Å²) in [6.45, 7) is 9.49. The number of halogens is 3. The van der Waals surface area contributed by atoms with Crippen LogP contribution in [0.1, 0.15) is 51.9 Å². The Hall–Kier alpha value is -3.15. The zero-order chi connectivity index (χ0) is 26.4. The summed E-state index contributed by atoms with van der Waals surface area (Å²) in [5.41, 5.74) is -0.162. The average Bonchev–Trinajstić information content (AvgIpc) is 2.71. The van der Waals surface area contributed by atoms with Crippen molar-refractivity contribution in [2.24, 2.45) is 0 Å². The van der Waals surface area contributed by atoms with Crippen LogP contribution < -0.4 is 20.3 Å². The van der Waals surface area contributed by atoms with Gasteiger partial charge in [0, 0.05) is 25.9 Å². The number of hydrogen-bond donors (Lipinski definition) is 2. The van der Waals surface area contributed by atoms with Gasteiger partial charge in [0.2, 0.25) is 11.9 Å². The number of aryl methyl sites for hydroxylation is 1. The molecule has 2 aliphatic rings. The third-order valence-corrected chi connectivity index (χ3v) is 6.08. The number of ether oxygens (including phenoxy) is 2. The van der Waals surface area contributed by atoms with E-state index in [9.17, 15) is 18.0 Å². The summed E-state index contributed by atoms with van der Waals surface area (Å²) in [6, 6.07) is 1.66. The van der Waals surface area contributed by atoms with Crippen molar-refractivity contribution < 1.29 is 27.4 Å². The highest BCUT2D eigenvalue weighted by Crippen LogP contribution is 2.36. The van der Waals surface area contributed by atoms with Crippen LogP contribution in [-0.4, -0.2) is 57.8 Å². The van der Waals surface area contributed by atoms with Crippen LogP contribution in [0.5, 0.6) is 5.75 Å². The van der Waals surface area contributed by atoms with Gasteiger partial charge in [-0.05, 0) is 46.8 Å². The predicted molar refractivity (Wildman–Crippen MR) is 128 cm³/mol. The number of pyridine rings is 1. The van der Waals surface area contributed by atoms with E-state index in [0.29, 0.717) is 41.7 Å². The lowest BCUT2D eigenvalue weighted by Gasteiger charge is -2.40. The molecule has 0 aromatic carbocycles. The smallest absolute Gasteiger partial charge is 0.433 e. The number of amides is 1. The van der Waals surface area contributed by atoms with Crippen molar-refractivity contribution in [3.8, 4) is 5.75 Å². The van der Waals surface area contributed by atoms with Crippen molar-refractivity contribution in [1.29, 1.82) is 0 Å². The predicted octanol–water partition coefficient (Wildman–Crippen LogP) is 4.18. The molecule has 1 saturated carbocycles. The number of carbonyl (C=O) groups excluding carboxylic acids is 1. The number of hydrogen-bond acceptors (Lipinski definition) is 8. The molecule has 196 valence electrons. The van der Waals surface area contributed by atoms with E-state index in [0.717, 1.165) is 12.3 Å². The number of likely N-dealkylation sites (N-methyl/N-ethyl adjacent to an activating group) is 1. The molecule has 1 aliphatic carbocycles. The Labute approximate surface area is 207 Å². The van der Waals surface area contributed by atoms with Crippen LogP contribution in [-0.2, 0) is 15.7 Å². The molecular formula is C24H31F3N6O3. The van der Waals surface area contributed by atoms with Gasteiger partial charge in [0.15, 0.2) is 5.82 Å². The first-order valence-electron chi connectivity index (χ1n) is 11.8. The highest BCUT2D eigenvalue weighted by atomic mass is 19.4. The van der Waals surface area contributed by atoms with Crippen LogP contribution in [0.15, 0.2) is 18.3 Å². The van der Waals surface area contributed by atoms with Gasteiger partial charge in [-0.25, -0.2) is 9.97 Å². The molecule has 12 heteroatoms. The van der Waals surface area contributed by atoms with E-state index in [4.69, 9.17) is 9.47 Å². The van der Waals surface area contributed by atoms with Crippen molar-refractivity contribution in [2.75, 3.05) is 22.6 Å². The highest BCUT2D eigenvalue weighted by Gasteiger charge is 2.39. The number of carbonyl (C=O) groups is 1. The van der Waals surface area contributed by atoms with Crippen molar-refractivity contribution in [3.63, 3.8) is 0 Å². The molecule has 0 spiro atoms. The average molecular weight is 509 g/mol. The second-order valence-corrected chi connectivity index (χ2v) is 10.2. The van der Waals surface area contributed by atoms with Crippen LogP contribution in [0.25, 0.3) is 0 Å². The maximum Gasteiger partial charge on any atom is 0.433 e. The van der Waals surface area contributed by atoms with Crippen molar-refractivity contribution in [3.05, 3.63) is 29.7 Å². The second kappa shape index (κ2) is 9.38. The monoisotopic (exact) mass is 508 g/mol. The normalized spacial score (nSPS) is 22.9. The molecule has 2 aromatic rings. The van der Waals surface area contributed by atoms with Crippen LogP contribution in [0.2, 0.25) is 0 Å². The van der Waals surface area contributed by atoms with Gasteiger partial charge in [0.05, 0.1) is 23.6 Å². The lowest BCUT2D eigenvalue weighted by molar-refractivity contribution is -0.141. The van der Waals surface area contributed by atoms with Gasteiger partial charge in [-0.2, -0.15) is 18.2 Å². The molecule has 1 aliphatic heterocycles. The molecule has 9 nitrogen and oxygen atoms in total. The Kier molecular flexibility index (Phi) is 6.76. The van der Waals surface area contributed by atoms with Crippen molar-refractivity contribution >= 4 is 23.4 Å². The fourth-order valence-electron chi connectivity index (χ4n) is 4.45. The molecule has 36 heavy (non-hydrogen) atoms. The van der Waals surface area contributed by atoms with Gasteiger partial charge in [0.1, 0.15) is 29.3 Å². The number of fused-ring (bicyclic) bond motifs is 1. The van der Waals surface area contributed by atoms with Gasteiger partial charge in [0.25, 0.3) is 0 Å². The highest BCUT2D eigenvalue weighted by molar-refractivity contribution is 6.03. The third kappa shape index (κ3) is 5.63. The van der Waals surface area contributed by atoms with Gasteiger partial charge < -0.3 is 25.0 Å². The number of rotatable bonds is 6. The lowest BCUT2D eigenvalue weighted by atomic mass is 9.89. The summed E-state index contributed by atoms with van der Waals surface area (Å²) in [5, 5.41) is 6.21. The summed E-state index contributed by atoms with van der Waals surface area (Å²) in [5.74, 6) is 1.15. The number of nitrogens with zero attached hydrogens (tertiary/aromatic N) is 4. The van der Waals surface area contributed by atoms with Crippen molar-refractivity contribution in [2.45, 2.75) is 83.5 Å². The molecule has 2 aromatic heterocycles. The largest absolute Gasteiger partial charge is 0.489 e. The maximum atomic E-state index is 12.8. The van der Waals surface area contributed by atoms with Gasteiger partial charge in [-0.3, -0.25) is 4.79 Å². The minimum absolute atomic E-state index is 0.0392. The van der Waals surface area contributed by atoms with Crippen LogP contribution in [0.3, 0.4) is 0 Å². The van der Waals surface area contributed by atoms with Crippen molar-refractivity contribution in [1.82, 2.24) is 15.0 Å². The van der Waals surface area contributed by atoms with E-state index < -0.39 is 23.5 Å². The SMILES string of the molecule is Cc1nc(NC2CC(Oc3ccc(C(F)(F)F)nc3)C2)nc2c1NC(=O)[C@H]([C@H](C)OC(C)(C)C)N2C. The fraction of sp³-hybridized carbons (Fsp3) is 0.583. The van der Waals surface area contributed by atoms with Gasteiger partial charge in [-0.1, -0.05) is 0 Å². The maximum absolute atomic E-state index is 12.8. The summed E-state index contributed by atoms with van der Waals surface area (Å²) in [6.07, 6.45) is -2.66. The standard InChI is InChI=1S/C24H31F3N6O3/c1-12-18-20(33(6)19(21(34)31-18)13(2)36-23(3,4)5)32-22(29-12)30-14-9-16(10-14)35-15-7-8-17(28-11-15)24(25,26)27/h7-8,11,13-14,16,19H,9-10H2,1-6H3,(H,31,34)(H,29,30,32)/t13-,14?,16?,19-/m0/s1. The quantitative estimate of drug-likeness (QED) is 0.599. The van der Waals surface area contributed by atoms with Gasteiger partial charge >= 0.3 is 6.18 Å². The number of nitrogens with one attached hydrogen (secondary N) is 2. The molecule has 1 amide bonds. The molecule has 0 bridgehead atoms. The zero-order valence-corrected chi connectivity index (χ0v) is 21.1. The van der Waals surface area contributed by atoms with Crippen LogP contribution >= 0.6 is 0 Å². The Balaban J connectivity index is 1.39. The molecular weight excluding hydrogens is 477 g/mol. The fourth-order valence-corrected chi connectivity index (χ4v) is 4.45. The second-order valence-electron chi connectivity index (χ2n) is 10.2. The Morgan fingerprint density at radius 1 is 1.19 bits per heavy atom. The molecule has 1 fully saturated rings. The van der Waals surface area contributed by atoms with E-state index in [2.05, 4.69) is 25.6 Å². The first kappa shape index (κ1) is 25.9. The Morgan fingerprint density at radius 3 is 2.47 bits per heavy atom. The third-order valence-electron chi connectivity index (χ3n) is 6.08. The van der Waals surface area contributed by atoms with E-state index >= 15 is 0 Å². The molecule has 2 atom stereocenters. The first-order valence-corrected chi connectivity index (χ1v) is 11.8. The van der Waals surface area contributed by atoms with E-state index in [1.165, 1.54) is 6.07 Å². The first-order chi connectivity index (χ1) is 16.7. The Morgan fingerprint density at radius 2 is 1.89 bits per heavy atom. The minimum Gasteiger partial charge on any atom is -0.489 e. The molecule has 0 unspecified atom stereocenters. The molecule has 0 radical (unpaired) electrons. The summed E-state index contributed by atoms with van der Waals surface area (Å²) >= 11 is 0. The zero-order valence-electron chi connectivity index (χ0n) is 21.1.